The van der Waals surface area contributed by atoms with Crippen molar-refractivity contribution in [3.8, 4) is 0 Å². The Bertz CT molecular complexity index is 365. The summed E-state index contributed by atoms with van der Waals surface area (Å²) in [5.41, 5.74) is -0.944. The minimum absolute atomic E-state index is 0.0111. The van der Waals surface area contributed by atoms with E-state index in [1.807, 2.05) is 20.8 Å². The molecule has 0 radical (unpaired) electrons. The fourth-order valence-electron chi connectivity index (χ4n) is 1.35. The van der Waals surface area contributed by atoms with Crippen LogP contribution in [0.2, 0.25) is 0 Å². The Balaban J connectivity index is 4.24. The molecule has 0 aromatic rings. The van der Waals surface area contributed by atoms with Crippen molar-refractivity contribution in [1.82, 2.24) is 5.32 Å². The molecule has 102 valence electrons. The average molecular weight is 265 g/mol. The molecule has 0 spiro atoms. The molecule has 6 heteroatoms. The van der Waals surface area contributed by atoms with Gasteiger partial charge in [-0.25, -0.2) is 13.2 Å². The topological polar surface area (TPSA) is 72.5 Å². The number of sulfone groups is 1. The first-order valence-electron chi connectivity index (χ1n) is 5.43. The van der Waals surface area contributed by atoms with Gasteiger partial charge in [0.2, 0.25) is 0 Å². The van der Waals surface area contributed by atoms with Crippen LogP contribution in [0, 0.1) is 5.41 Å². The van der Waals surface area contributed by atoms with Gasteiger partial charge in [-0.15, -0.1) is 0 Å². The van der Waals surface area contributed by atoms with Crippen molar-refractivity contribution < 1.29 is 17.9 Å². The molecule has 0 aliphatic heterocycles. The molecule has 0 saturated heterocycles. The summed E-state index contributed by atoms with van der Waals surface area (Å²) in [4.78, 5) is 11.4. The van der Waals surface area contributed by atoms with Gasteiger partial charge in [0.1, 0.15) is 9.84 Å². The van der Waals surface area contributed by atoms with Crippen LogP contribution in [-0.4, -0.2) is 38.7 Å². The highest BCUT2D eigenvalue weighted by atomic mass is 32.2. The molecule has 0 aliphatic rings. The summed E-state index contributed by atoms with van der Waals surface area (Å²) < 4.78 is 27.3. The summed E-state index contributed by atoms with van der Waals surface area (Å²) in [5.74, 6) is -0.0111. The Hall–Kier alpha value is -0.780. The van der Waals surface area contributed by atoms with Crippen molar-refractivity contribution in [2.75, 3.05) is 18.6 Å². The Labute approximate surface area is 104 Å². The third kappa shape index (κ3) is 10.1. The maximum atomic E-state index is 11.4. The van der Waals surface area contributed by atoms with Crippen LogP contribution in [-0.2, 0) is 14.6 Å². The number of amides is 1. The fraction of sp³-hybridized carbons (Fsp3) is 0.909. The van der Waals surface area contributed by atoms with E-state index in [0.29, 0.717) is 0 Å². The van der Waals surface area contributed by atoms with Crippen molar-refractivity contribution in [3.05, 3.63) is 0 Å². The summed E-state index contributed by atoms with van der Waals surface area (Å²) in [6, 6.07) is 0. The third-order valence-corrected chi connectivity index (χ3v) is 3.03. The van der Waals surface area contributed by atoms with E-state index in [1.165, 1.54) is 6.26 Å². The smallest absolute Gasteiger partial charge is 0.407 e. The highest BCUT2D eigenvalue weighted by Gasteiger charge is 2.26. The number of hydrogen-bond donors (Lipinski definition) is 1. The van der Waals surface area contributed by atoms with Gasteiger partial charge in [0, 0.05) is 17.2 Å². The van der Waals surface area contributed by atoms with Gasteiger partial charge in [0.05, 0.1) is 12.4 Å². The summed E-state index contributed by atoms with van der Waals surface area (Å²) >= 11 is 0. The second-order valence-corrected chi connectivity index (χ2v) is 8.33. The lowest BCUT2D eigenvalue weighted by atomic mass is 9.98. The second-order valence-electron chi connectivity index (χ2n) is 6.19. The molecule has 17 heavy (non-hydrogen) atoms. The van der Waals surface area contributed by atoms with E-state index < -0.39 is 21.3 Å². The molecular weight excluding hydrogens is 242 g/mol. The standard InChI is InChI=1S/C11H23NO4S/c1-10(2,3)12-9(13)16-7-11(4,5)8-17(6,14)15/h7-8H2,1-6H3,(H,12,13). The Morgan fingerprint density at radius 2 is 1.65 bits per heavy atom. The maximum absolute atomic E-state index is 11.4. The van der Waals surface area contributed by atoms with Crippen LogP contribution in [0.25, 0.3) is 0 Å². The molecule has 0 heterocycles. The number of ether oxygens (including phenoxy) is 1. The van der Waals surface area contributed by atoms with E-state index in [9.17, 15) is 13.2 Å². The van der Waals surface area contributed by atoms with E-state index in [2.05, 4.69) is 5.32 Å². The van der Waals surface area contributed by atoms with E-state index in [0.717, 1.165) is 0 Å². The van der Waals surface area contributed by atoms with Crippen molar-refractivity contribution in [1.29, 1.82) is 0 Å². The zero-order chi connectivity index (χ0) is 13.9. The summed E-state index contributed by atoms with van der Waals surface area (Å²) in [5, 5.41) is 2.64. The molecule has 0 rings (SSSR count). The van der Waals surface area contributed by atoms with Crippen LogP contribution in [0.4, 0.5) is 4.79 Å². The van der Waals surface area contributed by atoms with Crippen molar-refractivity contribution in [3.63, 3.8) is 0 Å². The first-order valence-corrected chi connectivity index (χ1v) is 7.49. The number of hydrogen-bond acceptors (Lipinski definition) is 4. The lowest BCUT2D eigenvalue weighted by molar-refractivity contribution is 0.101. The van der Waals surface area contributed by atoms with Gasteiger partial charge < -0.3 is 10.1 Å². The normalized spacial score (nSPS) is 13.3. The van der Waals surface area contributed by atoms with Crippen LogP contribution in [0.3, 0.4) is 0 Å². The first-order chi connectivity index (χ1) is 7.31. The van der Waals surface area contributed by atoms with Crippen molar-refractivity contribution in [2.24, 2.45) is 5.41 Å². The van der Waals surface area contributed by atoms with Gasteiger partial charge >= 0.3 is 6.09 Å². The maximum Gasteiger partial charge on any atom is 0.407 e. The Morgan fingerprint density at radius 1 is 1.18 bits per heavy atom. The minimum atomic E-state index is -3.08. The highest BCUT2D eigenvalue weighted by molar-refractivity contribution is 7.90. The first kappa shape index (κ1) is 16.2. The molecule has 0 saturated carbocycles. The van der Waals surface area contributed by atoms with Crippen LogP contribution >= 0.6 is 0 Å². The number of alkyl carbamates (subject to hydrolysis) is 1. The zero-order valence-electron chi connectivity index (χ0n) is 11.5. The monoisotopic (exact) mass is 265 g/mol. The van der Waals surface area contributed by atoms with Gasteiger partial charge in [-0.2, -0.15) is 0 Å². The molecule has 0 aliphatic carbocycles. The van der Waals surface area contributed by atoms with Gasteiger partial charge in [0.15, 0.2) is 0 Å². The molecule has 0 aromatic heterocycles. The van der Waals surface area contributed by atoms with Crippen LogP contribution < -0.4 is 5.32 Å². The summed E-state index contributed by atoms with van der Waals surface area (Å²) in [7, 11) is -3.08. The largest absolute Gasteiger partial charge is 0.449 e. The minimum Gasteiger partial charge on any atom is -0.449 e. The summed E-state index contributed by atoms with van der Waals surface area (Å²) in [6.45, 7) is 9.10. The van der Waals surface area contributed by atoms with Gasteiger partial charge in [-0.1, -0.05) is 13.8 Å². The number of carbonyl (C=O) groups is 1. The van der Waals surface area contributed by atoms with Crippen LogP contribution in [0.1, 0.15) is 34.6 Å². The van der Waals surface area contributed by atoms with Crippen LogP contribution in [0.15, 0.2) is 0 Å². The quantitative estimate of drug-likeness (QED) is 0.837. The lowest BCUT2D eigenvalue weighted by Crippen LogP contribution is -2.42. The van der Waals surface area contributed by atoms with Crippen molar-refractivity contribution >= 4 is 15.9 Å². The molecule has 0 unspecified atom stereocenters. The lowest BCUT2D eigenvalue weighted by Gasteiger charge is -2.25. The number of carbonyl (C=O) groups excluding carboxylic acids is 1. The predicted octanol–water partition coefficient (Wildman–Crippen LogP) is 1.58. The third-order valence-electron chi connectivity index (χ3n) is 1.72. The Kier molecular flexibility index (Phi) is 5.01. The molecule has 5 nitrogen and oxygen atoms in total. The summed E-state index contributed by atoms with van der Waals surface area (Å²) in [6.07, 6.45) is 0.642. The molecule has 0 aromatic carbocycles. The molecule has 0 bridgehead atoms. The van der Waals surface area contributed by atoms with E-state index in [4.69, 9.17) is 4.74 Å². The molecule has 1 amide bonds. The van der Waals surface area contributed by atoms with Gasteiger partial charge in [0.25, 0.3) is 0 Å². The SMILES string of the molecule is CC(C)(COC(=O)NC(C)(C)C)CS(C)(=O)=O. The predicted molar refractivity (Wildman–Crippen MR) is 67.7 cm³/mol. The molecule has 0 fully saturated rings. The number of rotatable bonds is 4. The Morgan fingerprint density at radius 3 is 2.00 bits per heavy atom. The van der Waals surface area contributed by atoms with E-state index >= 15 is 0 Å². The highest BCUT2D eigenvalue weighted by Crippen LogP contribution is 2.18. The van der Waals surface area contributed by atoms with E-state index in [1.54, 1.807) is 13.8 Å². The van der Waals surface area contributed by atoms with E-state index in [-0.39, 0.29) is 17.9 Å². The molecule has 1 N–H and O–H groups in total. The van der Waals surface area contributed by atoms with Gasteiger partial charge in [-0.3, -0.25) is 0 Å². The fourth-order valence-corrected chi connectivity index (χ4v) is 2.86. The van der Waals surface area contributed by atoms with Crippen LogP contribution in [0.5, 0.6) is 0 Å². The van der Waals surface area contributed by atoms with Gasteiger partial charge in [-0.05, 0) is 20.8 Å². The average Bonchev–Trinajstić information content (AvgIpc) is 1.92. The second kappa shape index (κ2) is 5.25. The number of nitrogens with one attached hydrogen (secondary N) is 1. The molecular formula is C11H23NO4S. The zero-order valence-corrected chi connectivity index (χ0v) is 12.3. The molecule has 0 atom stereocenters. The van der Waals surface area contributed by atoms with Crippen molar-refractivity contribution in [2.45, 2.75) is 40.2 Å².